The molecule has 0 fully saturated rings. The molecule has 1 aliphatic carbocycles. The van der Waals surface area contributed by atoms with Gasteiger partial charge in [-0.05, 0) is 42.5 Å². The lowest BCUT2D eigenvalue weighted by Crippen LogP contribution is -2.07. The Labute approximate surface area is 185 Å². The first-order chi connectivity index (χ1) is 15.6. The molecule has 1 atom stereocenters. The van der Waals surface area contributed by atoms with E-state index in [1.807, 2.05) is 18.2 Å². The molecule has 0 saturated carbocycles. The Balaban J connectivity index is 1.54. The van der Waals surface area contributed by atoms with Crippen LogP contribution in [0.4, 0.5) is 11.5 Å². The van der Waals surface area contributed by atoms with Crippen molar-refractivity contribution in [3.63, 3.8) is 0 Å². The van der Waals surface area contributed by atoms with E-state index in [1.165, 1.54) is 6.20 Å². The summed E-state index contributed by atoms with van der Waals surface area (Å²) in [5.74, 6) is 3.00. The fourth-order valence-electron chi connectivity index (χ4n) is 3.82. The highest BCUT2D eigenvalue weighted by Gasteiger charge is 2.21. The number of nitrogens with zero attached hydrogens (tertiary/aromatic N) is 3. The maximum Gasteiger partial charge on any atom is 0.239 e. The smallest absolute Gasteiger partial charge is 0.239 e. The molecule has 0 radical (unpaired) electrons. The number of ether oxygens (including phenoxy) is 4. The summed E-state index contributed by atoms with van der Waals surface area (Å²) >= 11 is 0. The average Bonchev–Trinajstić information content (AvgIpc) is 2.83. The van der Waals surface area contributed by atoms with Crippen LogP contribution in [0.1, 0.15) is 30.0 Å². The fraction of sp³-hybridized carbons (Fsp3) is 0.304. The maximum atomic E-state index is 11.1. The number of aromatic nitrogens is 2. The highest BCUT2D eigenvalue weighted by molar-refractivity contribution is 5.66. The minimum absolute atomic E-state index is 0.279. The highest BCUT2D eigenvalue weighted by Crippen LogP contribution is 2.40. The van der Waals surface area contributed by atoms with E-state index in [1.54, 1.807) is 39.7 Å². The normalized spacial score (nSPS) is 14.8. The first-order valence-electron chi connectivity index (χ1n) is 10.2. The van der Waals surface area contributed by atoms with Gasteiger partial charge in [-0.2, -0.15) is 9.89 Å². The van der Waals surface area contributed by atoms with E-state index < -0.39 is 0 Å². The van der Waals surface area contributed by atoms with Crippen molar-refractivity contribution in [2.24, 2.45) is 5.18 Å². The molecule has 1 aromatic heterocycles. The van der Waals surface area contributed by atoms with E-state index in [2.05, 4.69) is 20.5 Å². The van der Waals surface area contributed by atoms with Gasteiger partial charge in [0, 0.05) is 17.8 Å². The van der Waals surface area contributed by atoms with Crippen molar-refractivity contribution in [1.82, 2.24) is 9.97 Å². The van der Waals surface area contributed by atoms with E-state index in [0.29, 0.717) is 40.4 Å². The third-order valence-corrected chi connectivity index (χ3v) is 5.30. The lowest BCUT2D eigenvalue weighted by Gasteiger charge is -2.20. The van der Waals surface area contributed by atoms with Gasteiger partial charge in [0.05, 0.1) is 33.7 Å². The van der Waals surface area contributed by atoms with Crippen molar-refractivity contribution < 1.29 is 18.9 Å². The lowest BCUT2D eigenvalue weighted by molar-refractivity contribution is 0.324. The highest BCUT2D eigenvalue weighted by atomic mass is 16.5. The molecule has 9 heteroatoms. The summed E-state index contributed by atoms with van der Waals surface area (Å²) < 4.78 is 22.1. The molecular formula is C23H24N4O5. The van der Waals surface area contributed by atoms with Crippen LogP contribution in [0.25, 0.3) is 0 Å². The summed E-state index contributed by atoms with van der Waals surface area (Å²) in [6.45, 7) is 0. The number of aryl methyl sites for hydroxylation is 1. The molecule has 0 amide bonds. The van der Waals surface area contributed by atoms with E-state index >= 15 is 0 Å². The third kappa shape index (κ3) is 4.41. The summed E-state index contributed by atoms with van der Waals surface area (Å²) in [6, 6.07) is 8.94. The molecule has 1 unspecified atom stereocenters. The Bertz CT molecular complexity index is 1100. The van der Waals surface area contributed by atoms with Gasteiger partial charge in [-0.1, -0.05) is 11.2 Å². The monoisotopic (exact) mass is 436 g/mol. The largest absolute Gasteiger partial charge is 0.493 e. The molecule has 0 spiro atoms. The van der Waals surface area contributed by atoms with E-state index in [0.717, 1.165) is 30.4 Å². The molecular weight excluding hydrogens is 412 g/mol. The summed E-state index contributed by atoms with van der Waals surface area (Å²) in [4.78, 5) is 19.8. The molecule has 3 aromatic rings. The van der Waals surface area contributed by atoms with Gasteiger partial charge in [-0.25, -0.2) is 0 Å². The van der Waals surface area contributed by atoms with E-state index in [9.17, 15) is 4.91 Å². The summed E-state index contributed by atoms with van der Waals surface area (Å²) in [6.07, 6.45) is 5.74. The van der Waals surface area contributed by atoms with Crippen LogP contribution in [0.3, 0.4) is 0 Å². The molecule has 0 saturated heterocycles. The van der Waals surface area contributed by atoms with Crippen LogP contribution in [-0.2, 0) is 6.42 Å². The van der Waals surface area contributed by atoms with Crippen molar-refractivity contribution in [3.05, 3.63) is 58.8 Å². The van der Waals surface area contributed by atoms with Crippen molar-refractivity contribution in [1.29, 1.82) is 0 Å². The number of hydrogen-bond acceptors (Lipinski definition) is 9. The molecule has 1 aliphatic rings. The zero-order valence-corrected chi connectivity index (χ0v) is 18.1. The van der Waals surface area contributed by atoms with Crippen LogP contribution >= 0.6 is 0 Å². The average molecular weight is 436 g/mol. The van der Waals surface area contributed by atoms with Gasteiger partial charge in [0.1, 0.15) is 11.8 Å². The summed E-state index contributed by atoms with van der Waals surface area (Å²) in [5, 5.41) is 6.42. The molecule has 32 heavy (non-hydrogen) atoms. The number of hydrogen-bond donors (Lipinski definition) is 1. The van der Waals surface area contributed by atoms with Crippen LogP contribution in [-0.4, -0.2) is 31.3 Å². The summed E-state index contributed by atoms with van der Waals surface area (Å²) in [7, 11) is 4.67. The molecule has 4 rings (SSSR count). The maximum absolute atomic E-state index is 11.1. The first-order valence-corrected chi connectivity index (χ1v) is 10.2. The first kappa shape index (κ1) is 21.4. The standard InChI is InChI=1S/C23H24N4O5/c1-29-19-10-15(11-20(30-2)23(19)31-3)25-21-12-24-13-22(26-21)32-16-7-8-17-14(9-16)5-4-6-18(17)27-28/h7-13,18H,4-6H2,1-3H3,(H,25,26). The molecule has 1 heterocycles. The molecule has 0 bridgehead atoms. The van der Waals surface area contributed by atoms with Crippen molar-refractivity contribution in [3.8, 4) is 28.9 Å². The quantitative estimate of drug-likeness (QED) is 0.482. The van der Waals surface area contributed by atoms with Crippen LogP contribution < -0.4 is 24.3 Å². The molecule has 166 valence electrons. The zero-order valence-electron chi connectivity index (χ0n) is 18.1. The van der Waals surface area contributed by atoms with Gasteiger partial charge in [0.15, 0.2) is 17.3 Å². The van der Waals surface area contributed by atoms with Gasteiger partial charge in [-0.3, -0.25) is 4.98 Å². The van der Waals surface area contributed by atoms with Crippen LogP contribution in [0.15, 0.2) is 47.9 Å². The third-order valence-electron chi connectivity index (χ3n) is 5.30. The van der Waals surface area contributed by atoms with Gasteiger partial charge < -0.3 is 24.3 Å². The number of fused-ring (bicyclic) bond motifs is 1. The van der Waals surface area contributed by atoms with Crippen LogP contribution in [0.5, 0.6) is 28.9 Å². The zero-order chi connectivity index (χ0) is 22.5. The minimum Gasteiger partial charge on any atom is -0.493 e. The SMILES string of the molecule is COc1cc(Nc2cncc(Oc3ccc4c(c3)CCCC4N=O)n2)cc(OC)c1OC. The van der Waals surface area contributed by atoms with Crippen LogP contribution in [0, 0.1) is 4.91 Å². The Morgan fingerprint density at radius 3 is 2.50 bits per heavy atom. The molecule has 1 N–H and O–H groups in total. The fourth-order valence-corrected chi connectivity index (χ4v) is 3.82. The van der Waals surface area contributed by atoms with E-state index in [4.69, 9.17) is 18.9 Å². The number of nitroso groups, excluding NO2 is 1. The second-order valence-corrected chi connectivity index (χ2v) is 7.26. The topological polar surface area (TPSA) is 104 Å². The Kier molecular flexibility index (Phi) is 6.34. The number of methoxy groups -OCH3 is 3. The number of benzene rings is 2. The van der Waals surface area contributed by atoms with Gasteiger partial charge in [0.25, 0.3) is 0 Å². The predicted molar refractivity (Wildman–Crippen MR) is 119 cm³/mol. The second kappa shape index (κ2) is 9.51. The molecule has 9 nitrogen and oxygen atoms in total. The van der Waals surface area contributed by atoms with Crippen LogP contribution in [0.2, 0.25) is 0 Å². The van der Waals surface area contributed by atoms with Gasteiger partial charge in [-0.15, -0.1) is 0 Å². The molecule has 0 aliphatic heterocycles. The van der Waals surface area contributed by atoms with Gasteiger partial charge in [0.2, 0.25) is 11.6 Å². The van der Waals surface area contributed by atoms with Crippen molar-refractivity contribution in [2.45, 2.75) is 25.3 Å². The Hall–Kier alpha value is -3.88. The number of rotatable bonds is 8. The Morgan fingerprint density at radius 1 is 1.03 bits per heavy atom. The summed E-state index contributed by atoms with van der Waals surface area (Å²) in [5.41, 5.74) is 2.74. The Morgan fingerprint density at radius 2 is 1.81 bits per heavy atom. The number of nitrogens with one attached hydrogen (secondary N) is 1. The lowest BCUT2D eigenvalue weighted by atomic mass is 9.88. The molecule has 2 aromatic carbocycles. The minimum atomic E-state index is -0.279. The second-order valence-electron chi connectivity index (χ2n) is 7.26. The van der Waals surface area contributed by atoms with Gasteiger partial charge >= 0.3 is 0 Å². The predicted octanol–water partition coefficient (Wildman–Crippen LogP) is 5.18. The van der Waals surface area contributed by atoms with Crippen molar-refractivity contribution in [2.75, 3.05) is 26.6 Å². The van der Waals surface area contributed by atoms with E-state index in [-0.39, 0.29) is 6.04 Å². The van der Waals surface area contributed by atoms with Crippen molar-refractivity contribution >= 4 is 11.5 Å². The number of anilines is 2.